The smallest absolute Gasteiger partial charge is 0.119 e. The van der Waals surface area contributed by atoms with Crippen LogP contribution in [0.1, 0.15) is 39.5 Å². The zero-order valence-electron chi connectivity index (χ0n) is 10.3. The van der Waals surface area contributed by atoms with Crippen molar-refractivity contribution in [2.24, 2.45) is 5.92 Å². The minimum Gasteiger partial charge on any atom is -0.378 e. The molecule has 0 aliphatic carbocycles. The van der Waals surface area contributed by atoms with Crippen LogP contribution in [-0.2, 0) is 4.74 Å². The van der Waals surface area contributed by atoms with Crippen LogP contribution in [0.4, 0.5) is 0 Å². The van der Waals surface area contributed by atoms with Gasteiger partial charge in [0.1, 0.15) is 6.04 Å². The monoisotopic (exact) mass is 212 g/mol. The highest BCUT2D eigenvalue weighted by molar-refractivity contribution is 4.88. The third-order valence-electron chi connectivity index (χ3n) is 2.69. The van der Waals surface area contributed by atoms with Crippen molar-refractivity contribution in [3.8, 4) is 6.07 Å². The van der Waals surface area contributed by atoms with E-state index in [4.69, 9.17) is 10.00 Å². The van der Waals surface area contributed by atoms with Crippen molar-refractivity contribution in [2.75, 3.05) is 20.3 Å². The van der Waals surface area contributed by atoms with Crippen molar-refractivity contribution in [1.29, 1.82) is 5.26 Å². The van der Waals surface area contributed by atoms with Gasteiger partial charge in [-0.1, -0.05) is 33.1 Å². The summed E-state index contributed by atoms with van der Waals surface area (Å²) in [5, 5.41) is 11.6. The Kier molecular flexibility index (Phi) is 9.55. The number of rotatable bonds is 9. The summed E-state index contributed by atoms with van der Waals surface area (Å²) in [4.78, 5) is 0. The zero-order chi connectivity index (χ0) is 11.5. The fraction of sp³-hybridized carbons (Fsp3) is 0.917. The van der Waals surface area contributed by atoms with Gasteiger partial charge in [-0.25, -0.2) is 0 Å². The molecule has 0 aromatic carbocycles. The van der Waals surface area contributed by atoms with Crippen LogP contribution in [0.3, 0.4) is 0 Å². The zero-order valence-corrected chi connectivity index (χ0v) is 10.3. The van der Waals surface area contributed by atoms with Gasteiger partial charge in [-0.2, -0.15) is 5.26 Å². The van der Waals surface area contributed by atoms with E-state index in [0.717, 1.165) is 13.0 Å². The third-order valence-corrected chi connectivity index (χ3v) is 2.69. The highest BCUT2D eigenvalue weighted by atomic mass is 16.5. The van der Waals surface area contributed by atoms with Crippen LogP contribution in [-0.4, -0.2) is 26.3 Å². The van der Waals surface area contributed by atoms with Gasteiger partial charge in [-0.05, 0) is 19.4 Å². The normalized spacial score (nSPS) is 14.5. The van der Waals surface area contributed by atoms with Crippen molar-refractivity contribution in [3.05, 3.63) is 0 Å². The summed E-state index contributed by atoms with van der Waals surface area (Å²) in [5.74, 6) is 0.654. The second kappa shape index (κ2) is 9.95. The number of hydrogen-bond acceptors (Lipinski definition) is 3. The van der Waals surface area contributed by atoms with Crippen LogP contribution in [0.5, 0.6) is 0 Å². The van der Waals surface area contributed by atoms with Crippen LogP contribution in [0, 0.1) is 17.2 Å². The van der Waals surface area contributed by atoms with Crippen LogP contribution in [0.25, 0.3) is 0 Å². The maximum atomic E-state index is 8.70. The van der Waals surface area contributed by atoms with Gasteiger partial charge in [0.15, 0.2) is 0 Å². The summed E-state index contributed by atoms with van der Waals surface area (Å²) in [6, 6.07) is 1.98. The number of nitrogens with zero attached hydrogens (tertiary/aromatic N) is 1. The van der Waals surface area contributed by atoms with Crippen LogP contribution < -0.4 is 5.32 Å². The van der Waals surface area contributed by atoms with Crippen molar-refractivity contribution >= 4 is 0 Å². The molecule has 0 aliphatic rings. The molecule has 3 heteroatoms. The van der Waals surface area contributed by atoms with E-state index in [1.54, 1.807) is 7.05 Å². The topological polar surface area (TPSA) is 45.0 Å². The molecule has 0 radical (unpaired) electrons. The first-order valence-electron chi connectivity index (χ1n) is 5.93. The number of nitriles is 1. The number of hydrogen-bond donors (Lipinski definition) is 1. The number of ether oxygens (including phenoxy) is 1. The van der Waals surface area contributed by atoms with Crippen LogP contribution >= 0.6 is 0 Å². The SMILES string of the molecule is CCCCC(CC)COCC(C#N)NC. The molecule has 0 bridgehead atoms. The second-order valence-corrected chi connectivity index (χ2v) is 3.92. The molecule has 15 heavy (non-hydrogen) atoms. The summed E-state index contributed by atoms with van der Waals surface area (Å²) in [6.07, 6.45) is 4.92. The summed E-state index contributed by atoms with van der Waals surface area (Å²) in [7, 11) is 1.78. The number of nitrogens with one attached hydrogen (secondary N) is 1. The highest BCUT2D eigenvalue weighted by Gasteiger charge is 2.08. The van der Waals surface area contributed by atoms with E-state index in [-0.39, 0.29) is 6.04 Å². The molecule has 0 saturated heterocycles. The van der Waals surface area contributed by atoms with Gasteiger partial charge in [0.05, 0.1) is 12.7 Å². The maximum absolute atomic E-state index is 8.70. The second-order valence-electron chi connectivity index (χ2n) is 3.92. The van der Waals surface area contributed by atoms with Gasteiger partial charge in [-0.3, -0.25) is 0 Å². The Morgan fingerprint density at radius 2 is 2.07 bits per heavy atom. The maximum Gasteiger partial charge on any atom is 0.119 e. The minimum atomic E-state index is -0.173. The first-order chi connectivity index (χ1) is 7.28. The van der Waals surface area contributed by atoms with Gasteiger partial charge < -0.3 is 10.1 Å². The van der Waals surface area contributed by atoms with E-state index >= 15 is 0 Å². The molecule has 0 saturated carbocycles. The molecule has 3 nitrogen and oxygen atoms in total. The lowest BCUT2D eigenvalue weighted by Crippen LogP contribution is -2.29. The van der Waals surface area contributed by atoms with Gasteiger partial charge in [0.2, 0.25) is 0 Å². The Morgan fingerprint density at radius 1 is 1.33 bits per heavy atom. The highest BCUT2D eigenvalue weighted by Crippen LogP contribution is 2.12. The van der Waals surface area contributed by atoms with E-state index in [1.165, 1.54) is 19.3 Å². The van der Waals surface area contributed by atoms with E-state index in [9.17, 15) is 0 Å². The quantitative estimate of drug-likeness (QED) is 0.638. The molecular formula is C12H24N2O. The number of likely N-dealkylation sites (N-methyl/N-ethyl adjacent to an activating group) is 1. The minimum absolute atomic E-state index is 0.173. The van der Waals surface area contributed by atoms with Gasteiger partial charge in [0.25, 0.3) is 0 Å². The standard InChI is InChI=1S/C12H24N2O/c1-4-6-7-11(5-2)9-15-10-12(8-13)14-3/h11-12,14H,4-7,9-10H2,1-3H3. The predicted octanol–water partition coefficient (Wildman–Crippen LogP) is 2.33. The van der Waals surface area contributed by atoms with Gasteiger partial charge in [0, 0.05) is 6.61 Å². The van der Waals surface area contributed by atoms with Crippen LogP contribution in [0.2, 0.25) is 0 Å². The molecule has 0 spiro atoms. The van der Waals surface area contributed by atoms with Crippen LogP contribution in [0.15, 0.2) is 0 Å². The third kappa shape index (κ3) is 7.35. The summed E-state index contributed by atoms with van der Waals surface area (Å²) < 4.78 is 5.54. The lowest BCUT2D eigenvalue weighted by Gasteiger charge is -2.15. The van der Waals surface area contributed by atoms with E-state index in [2.05, 4.69) is 25.2 Å². The molecule has 0 aromatic heterocycles. The average molecular weight is 212 g/mol. The molecule has 0 aliphatic heterocycles. The molecule has 0 fully saturated rings. The molecule has 0 rings (SSSR count). The molecule has 0 aromatic rings. The molecule has 0 amide bonds. The van der Waals surface area contributed by atoms with Gasteiger partial charge in [-0.15, -0.1) is 0 Å². The van der Waals surface area contributed by atoms with E-state index < -0.39 is 0 Å². The molecule has 2 unspecified atom stereocenters. The molecule has 1 N–H and O–H groups in total. The summed E-state index contributed by atoms with van der Waals surface area (Å²) in [5.41, 5.74) is 0. The lowest BCUT2D eigenvalue weighted by molar-refractivity contribution is 0.0870. The molecule has 88 valence electrons. The Labute approximate surface area is 93.8 Å². The fourth-order valence-corrected chi connectivity index (χ4v) is 1.44. The largest absolute Gasteiger partial charge is 0.378 e. The van der Waals surface area contributed by atoms with E-state index in [1.807, 2.05) is 0 Å². The van der Waals surface area contributed by atoms with Crippen molar-refractivity contribution < 1.29 is 4.74 Å². The lowest BCUT2D eigenvalue weighted by atomic mass is 10.0. The van der Waals surface area contributed by atoms with Crippen molar-refractivity contribution in [1.82, 2.24) is 5.32 Å². The van der Waals surface area contributed by atoms with Crippen molar-refractivity contribution in [3.63, 3.8) is 0 Å². The average Bonchev–Trinajstić information content (AvgIpc) is 2.28. The van der Waals surface area contributed by atoms with Crippen molar-refractivity contribution in [2.45, 2.75) is 45.6 Å². The first-order valence-corrected chi connectivity index (χ1v) is 5.93. The number of unbranched alkanes of at least 4 members (excludes halogenated alkanes) is 1. The Morgan fingerprint density at radius 3 is 2.53 bits per heavy atom. The Bertz CT molecular complexity index is 177. The molecule has 0 heterocycles. The summed E-state index contributed by atoms with van der Waals surface area (Å²) in [6.45, 7) is 5.69. The van der Waals surface area contributed by atoms with Gasteiger partial charge >= 0.3 is 0 Å². The fourth-order valence-electron chi connectivity index (χ4n) is 1.44. The van der Waals surface area contributed by atoms with E-state index in [0.29, 0.717) is 12.5 Å². The Balaban J connectivity index is 3.58. The molecular weight excluding hydrogens is 188 g/mol. The predicted molar refractivity (Wildman–Crippen MR) is 62.6 cm³/mol. The summed E-state index contributed by atoms with van der Waals surface area (Å²) >= 11 is 0. The Hall–Kier alpha value is -0.590. The molecule has 2 atom stereocenters. The first kappa shape index (κ1) is 14.4.